The summed E-state index contributed by atoms with van der Waals surface area (Å²) in [6.45, 7) is 7.04. The summed E-state index contributed by atoms with van der Waals surface area (Å²) >= 11 is 0. The molecule has 25 heavy (non-hydrogen) atoms. The van der Waals surface area contributed by atoms with Gasteiger partial charge >= 0.3 is 0 Å². The number of hydrogen-bond donors (Lipinski definition) is 1. The summed E-state index contributed by atoms with van der Waals surface area (Å²) in [5.74, 6) is 0.943. The van der Waals surface area contributed by atoms with Crippen molar-refractivity contribution in [3.63, 3.8) is 0 Å². The van der Waals surface area contributed by atoms with Gasteiger partial charge in [-0.25, -0.2) is 18.2 Å². The van der Waals surface area contributed by atoms with Crippen LogP contribution in [0.2, 0.25) is 0 Å². The number of hydrogen-bond acceptors (Lipinski definition) is 7. The van der Waals surface area contributed by atoms with Gasteiger partial charge in [0.25, 0.3) is 0 Å². The van der Waals surface area contributed by atoms with Crippen molar-refractivity contribution in [1.82, 2.24) is 19.6 Å². The van der Waals surface area contributed by atoms with E-state index in [0.717, 1.165) is 35.8 Å². The van der Waals surface area contributed by atoms with Crippen LogP contribution in [0, 0.1) is 0 Å². The highest BCUT2D eigenvalue weighted by Crippen LogP contribution is 2.35. The van der Waals surface area contributed by atoms with Crippen molar-refractivity contribution >= 4 is 16.2 Å². The van der Waals surface area contributed by atoms with Gasteiger partial charge in [-0.1, -0.05) is 6.92 Å². The molecule has 0 aliphatic carbocycles. The molecule has 0 aromatic rings. The van der Waals surface area contributed by atoms with Gasteiger partial charge in [0, 0.05) is 12.7 Å². The minimum atomic E-state index is -3.36. The molecule has 0 aromatic heterocycles. The highest BCUT2D eigenvalue weighted by Gasteiger charge is 2.38. The zero-order valence-corrected chi connectivity index (χ0v) is 15.9. The lowest BCUT2D eigenvalue weighted by atomic mass is 10.0. The first-order chi connectivity index (χ1) is 11.9. The normalized spacial score (nSPS) is 22.9. The molecular formula is C16H25N5O3S. The average Bonchev–Trinajstić information content (AvgIpc) is 3.01. The topological polar surface area (TPSA) is 77.5 Å². The van der Waals surface area contributed by atoms with E-state index in [1.807, 2.05) is 19.3 Å². The van der Waals surface area contributed by atoms with Crippen LogP contribution in [0.3, 0.4) is 0 Å². The predicted octanol–water partition coefficient (Wildman–Crippen LogP) is 1.16. The number of nitrogens with one attached hydrogen (secondary N) is 1. The van der Waals surface area contributed by atoms with Gasteiger partial charge in [0.2, 0.25) is 10.0 Å². The Bertz CT molecular complexity index is 769. The van der Waals surface area contributed by atoms with Crippen LogP contribution in [0.5, 0.6) is 0 Å². The van der Waals surface area contributed by atoms with Gasteiger partial charge in [0.15, 0.2) is 0 Å². The Labute approximate surface area is 149 Å². The van der Waals surface area contributed by atoms with Gasteiger partial charge in [-0.15, -0.1) is 0 Å². The highest BCUT2D eigenvalue weighted by atomic mass is 32.2. The maximum atomic E-state index is 12.1. The maximum Gasteiger partial charge on any atom is 0.212 e. The van der Waals surface area contributed by atoms with Crippen molar-refractivity contribution in [1.29, 1.82) is 0 Å². The Hall–Kier alpha value is -1.84. The van der Waals surface area contributed by atoms with Crippen LogP contribution < -0.4 is 4.72 Å². The lowest BCUT2D eigenvalue weighted by Crippen LogP contribution is -2.46. The van der Waals surface area contributed by atoms with E-state index in [9.17, 15) is 8.42 Å². The van der Waals surface area contributed by atoms with Gasteiger partial charge in [0.05, 0.1) is 37.0 Å². The molecule has 3 heterocycles. The van der Waals surface area contributed by atoms with Crippen LogP contribution in [0.15, 0.2) is 40.2 Å². The number of rotatable bonds is 6. The average molecular weight is 367 g/mol. The van der Waals surface area contributed by atoms with Gasteiger partial charge in [-0.3, -0.25) is 9.83 Å². The van der Waals surface area contributed by atoms with Crippen molar-refractivity contribution in [2.75, 3.05) is 26.1 Å². The molecule has 3 rings (SSSR count). The van der Waals surface area contributed by atoms with Crippen molar-refractivity contribution < 1.29 is 13.3 Å². The van der Waals surface area contributed by atoms with Crippen LogP contribution in [0.25, 0.3) is 0 Å². The lowest BCUT2D eigenvalue weighted by molar-refractivity contribution is -0.0968. The summed E-state index contributed by atoms with van der Waals surface area (Å²) in [6, 6.07) is -0.456. The quantitative estimate of drug-likeness (QED) is 0.759. The number of hydroxylamine groups is 2. The summed E-state index contributed by atoms with van der Waals surface area (Å²) in [6.07, 6.45) is 6.62. The summed E-state index contributed by atoms with van der Waals surface area (Å²) in [5, 5.41) is 1.72. The summed E-state index contributed by atoms with van der Waals surface area (Å²) < 4.78 is 27.1. The first-order valence-corrected chi connectivity index (χ1v) is 10.1. The fraction of sp³-hybridized carbons (Fsp3) is 0.562. The number of fused-ring (bicyclic) bond motifs is 2. The Morgan fingerprint density at radius 3 is 2.76 bits per heavy atom. The third-order valence-corrected chi connectivity index (χ3v) is 5.78. The lowest BCUT2D eigenvalue weighted by Gasteiger charge is -2.40. The monoisotopic (exact) mass is 367 g/mol. The number of sulfonamides is 1. The molecule has 0 saturated heterocycles. The van der Waals surface area contributed by atoms with Gasteiger partial charge < -0.3 is 9.80 Å². The Kier molecular flexibility index (Phi) is 4.90. The van der Waals surface area contributed by atoms with Crippen molar-refractivity contribution in [2.24, 2.45) is 4.99 Å². The number of nitrogens with zero attached hydrogens (tertiary/aromatic N) is 4. The molecule has 0 amide bonds. The second kappa shape index (κ2) is 6.81. The molecule has 8 nitrogen and oxygen atoms in total. The largest absolute Gasteiger partial charge is 0.333 e. The molecule has 0 fully saturated rings. The molecule has 3 aliphatic heterocycles. The van der Waals surface area contributed by atoms with Crippen LogP contribution in [-0.2, 0) is 14.9 Å². The van der Waals surface area contributed by atoms with E-state index in [4.69, 9.17) is 4.84 Å². The van der Waals surface area contributed by atoms with Gasteiger partial charge in [-0.2, -0.15) is 0 Å². The zero-order valence-electron chi connectivity index (χ0n) is 15.1. The van der Waals surface area contributed by atoms with E-state index in [-0.39, 0.29) is 5.75 Å². The van der Waals surface area contributed by atoms with Gasteiger partial charge in [0.1, 0.15) is 18.2 Å². The molecule has 1 unspecified atom stereocenters. The Balaban J connectivity index is 2.02. The van der Waals surface area contributed by atoms with Crippen molar-refractivity contribution in [2.45, 2.75) is 33.2 Å². The third kappa shape index (κ3) is 3.31. The summed E-state index contributed by atoms with van der Waals surface area (Å²) in [7, 11) is -1.74. The first kappa shape index (κ1) is 18.0. The smallest absolute Gasteiger partial charge is 0.212 e. The van der Waals surface area contributed by atoms with Gasteiger partial charge in [-0.05, 0) is 25.8 Å². The van der Waals surface area contributed by atoms with Crippen molar-refractivity contribution in [3.8, 4) is 0 Å². The molecule has 1 N–H and O–H groups in total. The van der Waals surface area contributed by atoms with E-state index in [1.54, 1.807) is 25.3 Å². The molecule has 138 valence electrons. The van der Waals surface area contributed by atoms with Crippen LogP contribution in [-0.4, -0.2) is 61.6 Å². The SMILES string of the molecule is CCCN1C=C(C)C(NS(=O)(=O)CC)C2=C1N1CN(OC)C=C1C=N2. The molecule has 0 saturated carbocycles. The van der Waals surface area contributed by atoms with Crippen LogP contribution >= 0.6 is 0 Å². The second-order valence-corrected chi connectivity index (χ2v) is 8.25. The summed E-state index contributed by atoms with van der Waals surface area (Å²) in [5.41, 5.74) is 2.57. The fourth-order valence-electron chi connectivity index (χ4n) is 3.14. The molecular weight excluding hydrogens is 342 g/mol. The zero-order chi connectivity index (χ0) is 18.2. The first-order valence-electron chi connectivity index (χ1n) is 8.43. The maximum absolute atomic E-state index is 12.1. The molecule has 3 aliphatic rings. The van der Waals surface area contributed by atoms with E-state index < -0.39 is 16.1 Å². The van der Waals surface area contributed by atoms with E-state index in [1.165, 1.54) is 0 Å². The van der Waals surface area contributed by atoms with Crippen LogP contribution in [0.4, 0.5) is 0 Å². The molecule has 9 heteroatoms. The molecule has 0 spiro atoms. The second-order valence-electron chi connectivity index (χ2n) is 6.21. The standard InChI is InChI=1S/C16H25N5O3S/c1-5-7-19-9-12(3)14(18-25(22,23)6-2)15-16(19)21-11-20(24-4)10-13(21)8-17-15/h8-10,14,18H,5-7,11H2,1-4H3. The Morgan fingerprint density at radius 2 is 2.12 bits per heavy atom. The van der Waals surface area contributed by atoms with E-state index >= 15 is 0 Å². The minimum Gasteiger partial charge on any atom is -0.333 e. The third-order valence-electron chi connectivity index (χ3n) is 4.43. The van der Waals surface area contributed by atoms with E-state index in [2.05, 4.69) is 26.4 Å². The van der Waals surface area contributed by atoms with Crippen LogP contribution in [0.1, 0.15) is 27.2 Å². The molecule has 1 atom stereocenters. The predicted molar refractivity (Wildman–Crippen MR) is 96.3 cm³/mol. The highest BCUT2D eigenvalue weighted by molar-refractivity contribution is 7.89. The molecule has 0 aromatic carbocycles. The fourth-order valence-corrected chi connectivity index (χ4v) is 3.96. The minimum absolute atomic E-state index is 0.0358. The molecule has 0 radical (unpaired) electrons. The Morgan fingerprint density at radius 1 is 1.36 bits per heavy atom. The number of aliphatic imine (C=N–C) groups is 1. The number of allylic oxidation sites excluding steroid dienone is 1. The molecule has 0 bridgehead atoms. The summed E-state index contributed by atoms with van der Waals surface area (Å²) in [4.78, 5) is 14.1. The van der Waals surface area contributed by atoms with Crippen molar-refractivity contribution in [3.05, 3.63) is 35.2 Å². The van der Waals surface area contributed by atoms with E-state index in [0.29, 0.717) is 6.67 Å².